The normalized spacial score (nSPS) is 13.7. The molecule has 0 saturated carbocycles. The van der Waals surface area contributed by atoms with Crippen molar-refractivity contribution in [2.24, 2.45) is 0 Å². The molecule has 1 aromatic heterocycles. The molecule has 3 rings (SSSR count). The first kappa shape index (κ1) is 10.2. The summed E-state index contributed by atoms with van der Waals surface area (Å²) in [6, 6.07) is 10.9. The van der Waals surface area contributed by atoms with Gasteiger partial charge in [0.05, 0.1) is 4.21 Å². The molecule has 80 valence electrons. The standard InChI is InChI=1S/C14H12S2/c1-2-10-9-11-5-3-4-6-13(11)16-14-12(10)7-8-15-14/h3-9H,2H2,1H3. The van der Waals surface area contributed by atoms with Crippen molar-refractivity contribution in [1.29, 1.82) is 0 Å². The van der Waals surface area contributed by atoms with Gasteiger partial charge in [-0.2, -0.15) is 0 Å². The number of thiophene rings is 1. The minimum absolute atomic E-state index is 1.10. The van der Waals surface area contributed by atoms with Gasteiger partial charge in [-0.05, 0) is 41.1 Å². The van der Waals surface area contributed by atoms with E-state index in [-0.39, 0.29) is 0 Å². The van der Waals surface area contributed by atoms with Gasteiger partial charge in [0.1, 0.15) is 0 Å². The Morgan fingerprint density at radius 3 is 2.88 bits per heavy atom. The first-order valence-corrected chi connectivity index (χ1v) is 7.13. The number of fused-ring (bicyclic) bond motifs is 2. The molecule has 2 heterocycles. The summed E-state index contributed by atoms with van der Waals surface area (Å²) in [5, 5.41) is 2.19. The molecule has 1 aliphatic heterocycles. The molecule has 1 aromatic carbocycles. The number of hydrogen-bond donors (Lipinski definition) is 0. The molecule has 16 heavy (non-hydrogen) atoms. The monoisotopic (exact) mass is 244 g/mol. The molecular formula is C14H12S2. The molecular weight excluding hydrogens is 232 g/mol. The van der Waals surface area contributed by atoms with Crippen LogP contribution in [0.25, 0.3) is 11.6 Å². The van der Waals surface area contributed by atoms with Crippen LogP contribution in [0.1, 0.15) is 24.5 Å². The van der Waals surface area contributed by atoms with Crippen LogP contribution < -0.4 is 0 Å². The maximum absolute atomic E-state index is 2.33. The Bertz CT molecular complexity index is 549. The summed E-state index contributed by atoms with van der Waals surface area (Å²) >= 11 is 3.74. The molecule has 0 spiro atoms. The quantitative estimate of drug-likeness (QED) is 0.667. The average molecular weight is 244 g/mol. The third kappa shape index (κ3) is 1.62. The van der Waals surface area contributed by atoms with E-state index >= 15 is 0 Å². The van der Waals surface area contributed by atoms with Gasteiger partial charge in [0.2, 0.25) is 0 Å². The molecule has 0 radical (unpaired) electrons. The maximum Gasteiger partial charge on any atom is 0.0721 e. The molecule has 0 bridgehead atoms. The third-order valence-corrected chi connectivity index (χ3v) is 5.05. The molecule has 0 N–H and O–H groups in total. The fourth-order valence-electron chi connectivity index (χ4n) is 1.96. The third-order valence-electron chi connectivity index (χ3n) is 2.81. The largest absolute Gasteiger partial charge is 0.136 e. The lowest BCUT2D eigenvalue weighted by atomic mass is 10.0. The number of rotatable bonds is 1. The van der Waals surface area contributed by atoms with Crippen LogP contribution in [0.4, 0.5) is 0 Å². The van der Waals surface area contributed by atoms with Gasteiger partial charge in [-0.15, -0.1) is 11.3 Å². The predicted molar refractivity (Wildman–Crippen MR) is 73.0 cm³/mol. The molecule has 1 aliphatic rings. The molecule has 0 nitrogen and oxygen atoms in total. The summed E-state index contributed by atoms with van der Waals surface area (Å²) in [6.45, 7) is 2.23. The number of allylic oxidation sites excluding steroid dienone is 1. The molecule has 0 atom stereocenters. The van der Waals surface area contributed by atoms with Crippen LogP contribution in [0.3, 0.4) is 0 Å². The van der Waals surface area contributed by atoms with Crippen LogP contribution in [-0.2, 0) is 0 Å². The highest BCUT2D eigenvalue weighted by molar-refractivity contribution is 8.01. The van der Waals surface area contributed by atoms with E-state index in [1.807, 2.05) is 23.1 Å². The molecule has 0 amide bonds. The highest BCUT2D eigenvalue weighted by Crippen LogP contribution is 2.43. The van der Waals surface area contributed by atoms with Crippen LogP contribution >= 0.6 is 23.1 Å². The summed E-state index contributed by atoms with van der Waals surface area (Å²) in [5.41, 5.74) is 4.23. The van der Waals surface area contributed by atoms with E-state index in [0.29, 0.717) is 0 Å². The van der Waals surface area contributed by atoms with Crippen molar-refractivity contribution in [2.45, 2.75) is 22.4 Å². The van der Waals surface area contributed by atoms with Crippen LogP contribution in [-0.4, -0.2) is 0 Å². The van der Waals surface area contributed by atoms with Gasteiger partial charge < -0.3 is 0 Å². The second kappa shape index (κ2) is 4.11. The van der Waals surface area contributed by atoms with Crippen molar-refractivity contribution >= 4 is 34.7 Å². The van der Waals surface area contributed by atoms with Crippen molar-refractivity contribution in [3.8, 4) is 0 Å². The van der Waals surface area contributed by atoms with Crippen molar-refractivity contribution in [3.05, 3.63) is 46.8 Å². The molecule has 0 saturated heterocycles. The summed E-state index contributed by atoms with van der Waals surface area (Å²) in [5.74, 6) is 0. The summed E-state index contributed by atoms with van der Waals surface area (Å²) in [6.07, 6.45) is 3.43. The fourth-order valence-corrected chi connectivity index (χ4v) is 4.15. The van der Waals surface area contributed by atoms with Gasteiger partial charge in [-0.1, -0.05) is 36.9 Å². The van der Waals surface area contributed by atoms with Gasteiger partial charge in [-0.3, -0.25) is 0 Å². The van der Waals surface area contributed by atoms with Gasteiger partial charge >= 0.3 is 0 Å². The minimum Gasteiger partial charge on any atom is -0.136 e. The Morgan fingerprint density at radius 2 is 2.00 bits per heavy atom. The van der Waals surface area contributed by atoms with E-state index < -0.39 is 0 Å². The first-order valence-electron chi connectivity index (χ1n) is 5.44. The lowest BCUT2D eigenvalue weighted by molar-refractivity contribution is 1.24. The van der Waals surface area contributed by atoms with Crippen molar-refractivity contribution in [1.82, 2.24) is 0 Å². The van der Waals surface area contributed by atoms with Gasteiger partial charge in [0, 0.05) is 10.5 Å². The Kier molecular flexibility index (Phi) is 2.62. The molecule has 2 aromatic rings. The Morgan fingerprint density at radius 1 is 1.12 bits per heavy atom. The van der Waals surface area contributed by atoms with Gasteiger partial charge in [-0.25, -0.2) is 0 Å². The van der Waals surface area contributed by atoms with E-state index in [1.165, 1.54) is 25.8 Å². The van der Waals surface area contributed by atoms with Crippen LogP contribution in [0.15, 0.2) is 44.8 Å². The Labute approximate surface area is 104 Å². The molecule has 0 fully saturated rings. The second-order valence-corrected chi connectivity index (χ2v) is 6.01. The number of benzene rings is 1. The second-order valence-electron chi connectivity index (χ2n) is 3.78. The van der Waals surface area contributed by atoms with E-state index in [1.54, 1.807) is 0 Å². The van der Waals surface area contributed by atoms with Crippen molar-refractivity contribution < 1.29 is 0 Å². The Hall–Kier alpha value is -0.990. The Balaban J connectivity index is 2.23. The van der Waals surface area contributed by atoms with E-state index in [2.05, 4.69) is 48.7 Å². The molecule has 0 unspecified atom stereocenters. The first-order chi connectivity index (χ1) is 7.88. The smallest absolute Gasteiger partial charge is 0.0721 e. The zero-order valence-corrected chi connectivity index (χ0v) is 10.7. The van der Waals surface area contributed by atoms with Crippen LogP contribution in [0.2, 0.25) is 0 Å². The predicted octanol–water partition coefficient (Wildman–Crippen LogP) is 5.16. The average Bonchev–Trinajstić information content (AvgIpc) is 2.70. The summed E-state index contributed by atoms with van der Waals surface area (Å²) in [7, 11) is 0. The van der Waals surface area contributed by atoms with E-state index in [4.69, 9.17) is 0 Å². The highest BCUT2D eigenvalue weighted by Gasteiger charge is 2.15. The van der Waals surface area contributed by atoms with Gasteiger partial charge in [0.15, 0.2) is 0 Å². The topological polar surface area (TPSA) is 0 Å². The van der Waals surface area contributed by atoms with E-state index in [9.17, 15) is 0 Å². The van der Waals surface area contributed by atoms with Crippen LogP contribution in [0, 0.1) is 0 Å². The highest BCUT2D eigenvalue weighted by atomic mass is 32.2. The van der Waals surface area contributed by atoms with Crippen molar-refractivity contribution in [3.63, 3.8) is 0 Å². The summed E-state index contributed by atoms with van der Waals surface area (Å²) < 4.78 is 1.43. The van der Waals surface area contributed by atoms with Gasteiger partial charge in [0.25, 0.3) is 0 Å². The SMILES string of the molecule is CCC1=Cc2ccccc2Sc2sccc21. The fraction of sp³-hybridized carbons (Fsp3) is 0.143. The maximum atomic E-state index is 2.33. The van der Waals surface area contributed by atoms with E-state index in [0.717, 1.165) is 6.42 Å². The lowest BCUT2D eigenvalue weighted by Crippen LogP contribution is -1.79. The lowest BCUT2D eigenvalue weighted by Gasteiger charge is -2.01. The van der Waals surface area contributed by atoms with Crippen molar-refractivity contribution in [2.75, 3.05) is 0 Å². The zero-order valence-electron chi connectivity index (χ0n) is 9.07. The molecule has 0 aliphatic carbocycles. The summed E-state index contributed by atoms with van der Waals surface area (Å²) in [4.78, 5) is 1.37. The van der Waals surface area contributed by atoms with Crippen LogP contribution in [0.5, 0.6) is 0 Å². The zero-order chi connectivity index (χ0) is 11.0. The number of hydrogen-bond acceptors (Lipinski definition) is 2. The minimum atomic E-state index is 1.10. The molecule has 2 heteroatoms.